The summed E-state index contributed by atoms with van der Waals surface area (Å²) in [5.74, 6) is -0.145. The van der Waals surface area contributed by atoms with Crippen LogP contribution in [-0.4, -0.2) is 31.3 Å². The summed E-state index contributed by atoms with van der Waals surface area (Å²) in [7, 11) is 0. The van der Waals surface area contributed by atoms with E-state index in [1.165, 1.54) is 23.1 Å². The molecule has 4 rings (SSSR count). The van der Waals surface area contributed by atoms with E-state index in [0.29, 0.717) is 10.3 Å². The van der Waals surface area contributed by atoms with Crippen LogP contribution >= 0.6 is 23.1 Å². The first kappa shape index (κ1) is 23.1. The number of unbranched alkanes of at least 4 members (excludes halogenated alkanes) is 1. The first-order valence-corrected chi connectivity index (χ1v) is 12.6. The molecule has 0 spiro atoms. The second-order valence-electron chi connectivity index (χ2n) is 7.51. The lowest BCUT2D eigenvalue weighted by Crippen LogP contribution is -2.22. The van der Waals surface area contributed by atoms with E-state index >= 15 is 0 Å². The van der Waals surface area contributed by atoms with Crippen LogP contribution in [-0.2, 0) is 11.2 Å². The number of aryl methyl sites for hydroxylation is 1. The molecule has 0 aliphatic carbocycles. The number of amides is 1. The molecule has 0 bridgehead atoms. The fourth-order valence-electron chi connectivity index (χ4n) is 3.14. The van der Waals surface area contributed by atoms with E-state index in [1.54, 1.807) is 0 Å². The lowest BCUT2D eigenvalue weighted by Gasteiger charge is -2.12. The van der Waals surface area contributed by atoms with Gasteiger partial charge in [-0.05, 0) is 19.4 Å². The number of aromatic nitrogens is 4. The number of benzene rings is 2. The maximum absolute atomic E-state index is 12.8. The highest BCUT2D eigenvalue weighted by atomic mass is 32.2. The Morgan fingerprint density at radius 2 is 1.58 bits per heavy atom. The average molecular weight is 476 g/mol. The van der Waals surface area contributed by atoms with Crippen molar-refractivity contribution in [3.05, 3.63) is 71.7 Å². The molecule has 0 aliphatic heterocycles. The van der Waals surface area contributed by atoms with Crippen molar-refractivity contribution in [3.63, 3.8) is 0 Å². The Labute approximate surface area is 201 Å². The summed E-state index contributed by atoms with van der Waals surface area (Å²) in [4.78, 5) is 22.3. The molecule has 2 aromatic carbocycles. The number of anilines is 1. The molecule has 1 atom stereocenters. The highest BCUT2D eigenvalue weighted by molar-refractivity contribution is 8.00. The van der Waals surface area contributed by atoms with Crippen molar-refractivity contribution in [2.24, 2.45) is 0 Å². The molecular formula is C25H25N5OS2. The zero-order chi connectivity index (χ0) is 23.0. The van der Waals surface area contributed by atoms with E-state index in [0.717, 1.165) is 46.8 Å². The van der Waals surface area contributed by atoms with Gasteiger partial charge in [0, 0.05) is 17.5 Å². The molecule has 1 unspecified atom stereocenters. The number of rotatable bonds is 9. The first-order chi connectivity index (χ1) is 16.1. The average Bonchev–Trinajstić information content (AvgIpc) is 3.30. The molecule has 1 N–H and O–H groups in total. The smallest absolute Gasteiger partial charge is 0.239 e. The van der Waals surface area contributed by atoms with Gasteiger partial charge in [0.1, 0.15) is 5.01 Å². The Balaban J connectivity index is 1.53. The molecule has 1 amide bonds. The number of hydrogen-bond donors (Lipinski definition) is 1. The van der Waals surface area contributed by atoms with Gasteiger partial charge in [0.2, 0.25) is 11.0 Å². The van der Waals surface area contributed by atoms with Crippen molar-refractivity contribution >= 4 is 34.1 Å². The quantitative estimate of drug-likeness (QED) is 0.232. The van der Waals surface area contributed by atoms with Crippen LogP contribution in [0.1, 0.15) is 31.7 Å². The highest BCUT2D eigenvalue weighted by Crippen LogP contribution is 2.29. The second kappa shape index (κ2) is 11.2. The topological polar surface area (TPSA) is 80.7 Å². The van der Waals surface area contributed by atoms with Gasteiger partial charge in [0.25, 0.3) is 0 Å². The fourth-order valence-corrected chi connectivity index (χ4v) is 4.71. The zero-order valence-electron chi connectivity index (χ0n) is 18.6. The monoisotopic (exact) mass is 475 g/mol. The SMILES string of the molecule is CCCCc1nnc(NC(=O)C(C)Sc2nc(-c3ccccc3)cc(-c3ccccc3)n2)s1. The molecule has 4 aromatic rings. The van der Waals surface area contributed by atoms with Crippen molar-refractivity contribution in [1.82, 2.24) is 20.2 Å². The minimum absolute atomic E-state index is 0.145. The number of hydrogen-bond acceptors (Lipinski definition) is 7. The van der Waals surface area contributed by atoms with Gasteiger partial charge in [-0.25, -0.2) is 9.97 Å². The van der Waals surface area contributed by atoms with Crippen molar-refractivity contribution in [1.29, 1.82) is 0 Å². The van der Waals surface area contributed by atoms with Crippen LogP contribution in [0, 0.1) is 0 Å². The fraction of sp³-hybridized carbons (Fsp3) is 0.240. The van der Waals surface area contributed by atoms with Gasteiger partial charge in [-0.3, -0.25) is 10.1 Å². The molecule has 0 saturated carbocycles. The predicted octanol–water partition coefficient (Wildman–Crippen LogP) is 6.12. The largest absolute Gasteiger partial charge is 0.300 e. The molecule has 33 heavy (non-hydrogen) atoms. The number of nitrogens with one attached hydrogen (secondary N) is 1. The third-order valence-corrected chi connectivity index (χ3v) is 6.80. The molecule has 168 valence electrons. The Kier molecular flexibility index (Phi) is 7.80. The van der Waals surface area contributed by atoms with Gasteiger partial charge >= 0.3 is 0 Å². The number of thioether (sulfide) groups is 1. The van der Waals surface area contributed by atoms with Gasteiger partial charge in [-0.2, -0.15) is 0 Å². The van der Waals surface area contributed by atoms with E-state index in [2.05, 4.69) is 22.4 Å². The summed E-state index contributed by atoms with van der Waals surface area (Å²) in [5.41, 5.74) is 3.66. The van der Waals surface area contributed by atoms with E-state index in [-0.39, 0.29) is 5.91 Å². The van der Waals surface area contributed by atoms with Gasteiger partial charge < -0.3 is 0 Å². The number of nitrogens with zero attached hydrogens (tertiary/aromatic N) is 4. The molecule has 0 aliphatic rings. The first-order valence-electron chi connectivity index (χ1n) is 10.9. The predicted molar refractivity (Wildman–Crippen MR) is 135 cm³/mol. The number of carbonyl (C=O) groups excluding carboxylic acids is 1. The van der Waals surface area contributed by atoms with Crippen LogP contribution < -0.4 is 5.32 Å². The second-order valence-corrected chi connectivity index (χ2v) is 9.88. The van der Waals surface area contributed by atoms with Crippen molar-refractivity contribution < 1.29 is 4.79 Å². The van der Waals surface area contributed by atoms with Crippen LogP contribution in [0.25, 0.3) is 22.5 Å². The minimum atomic E-state index is -0.400. The molecule has 0 saturated heterocycles. The maximum Gasteiger partial charge on any atom is 0.239 e. The summed E-state index contributed by atoms with van der Waals surface area (Å²) < 4.78 is 0. The van der Waals surface area contributed by atoms with E-state index in [9.17, 15) is 4.79 Å². The summed E-state index contributed by atoms with van der Waals surface area (Å²) in [6.45, 7) is 3.99. The number of carbonyl (C=O) groups is 1. The van der Waals surface area contributed by atoms with Crippen LogP contribution in [0.4, 0.5) is 5.13 Å². The lowest BCUT2D eigenvalue weighted by atomic mass is 10.1. The van der Waals surface area contributed by atoms with Crippen LogP contribution in [0.2, 0.25) is 0 Å². The minimum Gasteiger partial charge on any atom is -0.300 e. The summed E-state index contributed by atoms with van der Waals surface area (Å²) >= 11 is 2.76. The molecule has 0 radical (unpaired) electrons. The van der Waals surface area contributed by atoms with Gasteiger partial charge in [-0.15, -0.1) is 10.2 Å². The van der Waals surface area contributed by atoms with Crippen molar-refractivity contribution in [2.45, 2.75) is 43.5 Å². The Morgan fingerprint density at radius 3 is 2.15 bits per heavy atom. The van der Waals surface area contributed by atoms with E-state index < -0.39 is 5.25 Å². The van der Waals surface area contributed by atoms with Crippen molar-refractivity contribution in [2.75, 3.05) is 5.32 Å². The molecule has 6 nitrogen and oxygen atoms in total. The van der Waals surface area contributed by atoms with Gasteiger partial charge in [0.15, 0.2) is 5.16 Å². The van der Waals surface area contributed by atoms with Crippen molar-refractivity contribution in [3.8, 4) is 22.5 Å². The Bertz CT molecular complexity index is 1140. The van der Waals surface area contributed by atoms with Crippen LogP contribution in [0.5, 0.6) is 0 Å². The molecule has 0 fully saturated rings. The van der Waals surface area contributed by atoms with Gasteiger partial charge in [-0.1, -0.05) is 97.1 Å². The maximum atomic E-state index is 12.8. The van der Waals surface area contributed by atoms with E-state index in [4.69, 9.17) is 9.97 Å². The Morgan fingerprint density at radius 1 is 0.970 bits per heavy atom. The summed E-state index contributed by atoms with van der Waals surface area (Å²) in [6.07, 6.45) is 3.05. The summed E-state index contributed by atoms with van der Waals surface area (Å²) in [6, 6.07) is 22.0. The lowest BCUT2D eigenvalue weighted by molar-refractivity contribution is -0.115. The standard InChI is InChI=1S/C25H25N5OS2/c1-3-4-15-22-29-30-25(33-22)28-23(31)17(2)32-24-26-20(18-11-7-5-8-12-18)16-21(27-24)19-13-9-6-10-14-19/h5-14,16-17H,3-4,15H2,1-2H3,(H,28,30,31). The highest BCUT2D eigenvalue weighted by Gasteiger charge is 2.19. The zero-order valence-corrected chi connectivity index (χ0v) is 20.2. The third-order valence-electron chi connectivity index (χ3n) is 4.94. The molecule has 2 heterocycles. The van der Waals surface area contributed by atoms with E-state index in [1.807, 2.05) is 73.7 Å². The van der Waals surface area contributed by atoms with Crippen LogP contribution in [0.15, 0.2) is 71.9 Å². The molecule has 8 heteroatoms. The Hall–Kier alpha value is -3.10. The summed E-state index contributed by atoms with van der Waals surface area (Å²) in [5, 5.41) is 12.8. The molecular weight excluding hydrogens is 450 g/mol. The third kappa shape index (κ3) is 6.24. The van der Waals surface area contributed by atoms with Crippen LogP contribution in [0.3, 0.4) is 0 Å². The normalized spacial score (nSPS) is 11.8. The molecule has 2 aromatic heterocycles. The van der Waals surface area contributed by atoms with Gasteiger partial charge in [0.05, 0.1) is 16.6 Å².